The van der Waals surface area contributed by atoms with Crippen LogP contribution >= 0.6 is 34.5 Å². The van der Waals surface area contributed by atoms with E-state index in [1.54, 1.807) is 11.3 Å². The van der Waals surface area contributed by atoms with Crippen molar-refractivity contribution in [1.82, 2.24) is 24.5 Å². The Labute approximate surface area is 196 Å². The predicted octanol–water partition coefficient (Wildman–Crippen LogP) is 6.75. The number of thiophene rings is 1. The zero-order chi connectivity index (χ0) is 23.1. The predicted molar refractivity (Wildman–Crippen MR) is 117 cm³/mol. The van der Waals surface area contributed by atoms with E-state index in [1.165, 1.54) is 47.5 Å². The summed E-state index contributed by atoms with van der Waals surface area (Å²) in [7, 11) is 0. The standard InChI is InChI=1S/C18H21N5S.C2Cl2F4/c1-2-14-13-9-10-22-17(15-8-5-11-24-15)19-20-18(22)16(13)23(21-14)12-6-3-4-7-12;3-1(4,5)2(6,7)8/h5,8,11-12H,2-4,6-7,9-10H2,1H3;. The molecule has 0 unspecified atom stereocenters. The molecule has 1 fully saturated rings. The average molecular weight is 510 g/mol. The molecule has 3 aromatic rings. The smallest absolute Gasteiger partial charge is 0.305 e. The van der Waals surface area contributed by atoms with E-state index in [-0.39, 0.29) is 0 Å². The van der Waals surface area contributed by atoms with Crippen LogP contribution in [-0.2, 0) is 19.4 Å². The van der Waals surface area contributed by atoms with E-state index in [0.717, 1.165) is 31.0 Å². The van der Waals surface area contributed by atoms with Gasteiger partial charge in [-0.3, -0.25) is 4.68 Å². The SMILES string of the molecule is CCc1nn(C2CCCC2)c2c1CCn1c(-c3cccs3)nnc1-2.FC(F)(F)C(F)(Cl)Cl. The van der Waals surface area contributed by atoms with Crippen LogP contribution in [0.3, 0.4) is 0 Å². The van der Waals surface area contributed by atoms with Gasteiger partial charge >= 0.3 is 10.8 Å². The fourth-order valence-electron chi connectivity index (χ4n) is 4.21. The molecule has 0 atom stereocenters. The summed E-state index contributed by atoms with van der Waals surface area (Å²) in [5, 5.41) is 16.2. The number of hydrogen-bond acceptors (Lipinski definition) is 4. The topological polar surface area (TPSA) is 48.5 Å². The van der Waals surface area contributed by atoms with Gasteiger partial charge in [-0.25, -0.2) is 0 Å². The minimum Gasteiger partial charge on any atom is -0.305 e. The largest absolute Gasteiger partial charge is 0.452 e. The van der Waals surface area contributed by atoms with E-state index < -0.39 is 10.8 Å². The molecule has 1 aliphatic heterocycles. The third-order valence-corrected chi connectivity index (χ3v) is 7.00. The lowest BCUT2D eigenvalue weighted by molar-refractivity contribution is -0.170. The van der Waals surface area contributed by atoms with Gasteiger partial charge in [0, 0.05) is 12.1 Å². The number of alkyl halides is 6. The number of fused-ring (bicyclic) bond motifs is 3. The Bertz CT molecular complexity index is 1050. The highest BCUT2D eigenvalue weighted by Crippen LogP contribution is 2.41. The first kappa shape index (κ1) is 23.5. The Kier molecular flexibility index (Phi) is 6.57. The Hall–Kier alpha value is -1.65. The van der Waals surface area contributed by atoms with E-state index in [9.17, 15) is 17.6 Å². The first-order valence-corrected chi connectivity index (χ1v) is 12.0. The Morgan fingerprint density at radius 3 is 2.34 bits per heavy atom. The Morgan fingerprint density at radius 1 is 1.12 bits per heavy atom. The molecular formula is C20H21Cl2F4N5S. The fraction of sp³-hybridized carbons (Fsp3) is 0.550. The van der Waals surface area contributed by atoms with Crippen molar-refractivity contribution >= 4 is 34.5 Å². The van der Waals surface area contributed by atoms with E-state index in [0.29, 0.717) is 6.04 Å². The van der Waals surface area contributed by atoms with Gasteiger partial charge in [0.1, 0.15) is 5.69 Å². The van der Waals surface area contributed by atoms with Crippen LogP contribution in [0.5, 0.6) is 0 Å². The third-order valence-electron chi connectivity index (χ3n) is 5.71. The molecule has 3 aromatic heterocycles. The van der Waals surface area contributed by atoms with Crippen LogP contribution in [0.25, 0.3) is 22.2 Å². The molecule has 0 radical (unpaired) electrons. The van der Waals surface area contributed by atoms with Crippen LogP contribution in [0.1, 0.15) is 49.9 Å². The van der Waals surface area contributed by atoms with Crippen LogP contribution in [0.2, 0.25) is 0 Å². The number of nitrogens with zero attached hydrogens (tertiary/aromatic N) is 5. The van der Waals surface area contributed by atoms with Crippen LogP contribution in [0.15, 0.2) is 17.5 Å². The van der Waals surface area contributed by atoms with Gasteiger partial charge in [0.05, 0.1) is 16.6 Å². The second-order valence-corrected chi connectivity index (χ2v) is 9.91. The summed E-state index contributed by atoms with van der Waals surface area (Å²) in [5.41, 5.74) is 3.89. The molecule has 4 heterocycles. The fourth-order valence-corrected chi connectivity index (χ4v) is 4.93. The third kappa shape index (κ3) is 4.41. The van der Waals surface area contributed by atoms with Gasteiger partial charge in [0.15, 0.2) is 11.6 Å². The van der Waals surface area contributed by atoms with Gasteiger partial charge in [0.2, 0.25) is 0 Å². The number of rotatable bonds is 3. The summed E-state index contributed by atoms with van der Waals surface area (Å²) in [6.45, 7) is 3.16. The molecule has 0 spiro atoms. The van der Waals surface area contributed by atoms with Crippen LogP contribution in [0.4, 0.5) is 17.6 Å². The summed E-state index contributed by atoms with van der Waals surface area (Å²) in [6.07, 6.45) is 1.94. The van der Waals surface area contributed by atoms with Crippen LogP contribution in [-0.4, -0.2) is 35.3 Å². The highest BCUT2D eigenvalue weighted by atomic mass is 35.5. The van der Waals surface area contributed by atoms with Crippen molar-refractivity contribution in [1.29, 1.82) is 0 Å². The number of hydrogen-bond donors (Lipinski definition) is 0. The van der Waals surface area contributed by atoms with Gasteiger partial charge < -0.3 is 4.57 Å². The lowest BCUT2D eigenvalue weighted by atomic mass is 10.0. The second-order valence-electron chi connectivity index (χ2n) is 7.73. The van der Waals surface area contributed by atoms with Crippen molar-refractivity contribution in [3.8, 4) is 22.2 Å². The Morgan fingerprint density at radius 2 is 1.78 bits per heavy atom. The monoisotopic (exact) mass is 509 g/mol. The summed E-state index contributed by atoms with van der Waals surface area (Å²) in [5.74, 6) is 2.02. The minimum atomic E-state index is -5.20. The zero-order valence-corrected chi connectivity index (χ0v) is 19.5. The van der Waals surface area contributed by atoms with E-state index in [2.05, 4.69) is 67.1 Å². The quantitative estimate of drug-likeness (QED) is 0.289. The molecule has 12 heteroatoms. The van der Waals surface area contributed by atoms with Gasteiger partial charge in [-0.05, 0) is 37.1 Å². The van der Waals surface area contributed by atoms with Crippen LogP contribution < -0.4 is 0 Å². The van der Waals surface area contributed by atoms with E-state index in [1.807, 2.05) is 0 Å². The molecule has 32 heavy (non-hydrogen) atoms. The maximum Gasteiger partial charge on any atom is 0.452 e. The maximum absolute atomic E-state index is 11.3. The van der Waals surface area contributed by atoms with Gasteiger partial charge in [-0.2, -0.15) is 22.7 Å². The van der Waals surface area contributed by atoms with Crippen LogP contribution in [0, 0.1) is 0 Å². The summed E-state index contributed by atoms with van der Waals surface area (Å²) >= 11 is 9.69. The molecule has 174 valence electrons. The van der Waals surface area contributed by atoms with Gasteiger partial charge in [-0.1, -0.05) is 49.0 Å². The van der Waals surface area contributed by atoms with Gasteiger partial charge in [0.25, 0.3) is 0 Å². The van der Waals surface area contributed by atoms with Crippen molar-refractivity contribution in [2.24, 2.45) is 0 Å². The normalized spacial score (nSPS) is 16.5. The molecule has 2 aliphatic rings. The molecule has 0 saturated heterocycles. The van der Waals surface area contributed by atoms with E-state index >= 15 is 0 Å². The highest BCUT2D eigenvalue weighted by Gasteiger charge is 2.53. The lowest BCUT2D eigenvalue weighted by Gasteiger charge is -2.20. The molecule has 0 bridgehead atoms. The second kappa shape index (κ2) is 8.95. The molecule has 0 N–H and O–H groups in total. The van der Waals surface area contributed by atoms with Crippen molar-refractivity contribution in [2.75, 3.05) is 0 Å². The Balaban J connectivity index is 0.000000265. The first-order valence-electron chi connectivity index (χ1n) is 10.3. The number of halogens is 6. The van der Waals surface area contributed by atoms with Crippen molar-refractivity contribution < 1.29 is 17.6 Å². The summed E-state index contributed by atoms with van der Waals surface area (Å²) in [6, 6.07) is 4.74. The van der Waals surface area contributed by atoms with E-state index in [4.69, 9.17) is 5.10 Å². The summed E-state index contributed by atoms with van der Waals surface area (Å²) in [4.78, 5) is 1.19. The van der Waals surface area contributed by atoms with Gasteiger partial charge in [-0.15, -0.1) is 21.5 Å². The number of aryl methyl sites for hydroxylation is 1. The molecule has 0 amide bonds. The van der Waals surface area contributed by atoms with Crippen molar-refractivity contribution in [3.63, 3.8) is 0 Å². The zero-order valence-electron chi connectivity index (χ0n) is 17.2. The van der Waals surface area contributed by atoms with Crippen molar-refractivity contribution in [2.45, 2.75) is 68.8 Å². The molecule has 0 aromatic carbocycles. The maximum atomic E-state index is 11.3. The lowest BCUT2D eigenvalue weighted by Crippen LogP contribution is -2.28. The molecule has 5 nitrogen and oxygen atoms in total. The molecule has 1 aliphatic carbocycles. The minimum absolute atomic E-state index is 0.535. The van der Waals surface area contributed by atoms with Crippen molar-refractivity contribution in [3.05, 3.63) is 28.8 Å². The molecule has 1 saturated carbocycles. The first-order chi connectivity index (χ1) is 15.1. The number of aromatic nitrogens is 5. The average Bonchev–Trinajstić information content (AvgIpc) is 3.51. The highest BCUT2D eigenvalue weighted by molar-refractivity contribution is 7.13. The molecule has 5 rings (SSSR count). The summed E-state index contributed by atoms with van der Waals surface area (Å²) < 4.78 is 44.5. The molecular weight excluding hydrogens is 489 g/mol.